The summed E-state index contributed by atoms with van der Waals surface area (Å²) in [6.45, 7) is 3.29. The highest BCUT2D eigenvalue weighted by Gasteiger charge is 2.27. The molecular formula is C25H28ClN3O2. The molecule has 1 amide bonds. The summed E-state index contributed by atoms with van der Waals surface area (Å²) >= 11 is 6.58. The van der Waals surface area contributed by atoms with E-state index in [1.807, 2.05) is 17.2 Å². The first-order chi connectivity index (χ1) is 15.2. The Morgan fingerprint density at radius 3 is 2.55 bits per heavy atom. The smallest absolute Gasteiger partial charge is 0.257 e. The summed E-state index contributed by atoms with van der Waals surface area (Å²) in [7, 11) is 0. The molecule has 1 saturated carbocycles. The summed E-state index contributed by atoms with van der Waals surface area (Å²) in [6, 6.07) is 12.7. The van der Waals surface area contributed by atoms with Crippen LogP contribution in [0.15, 0.2) is 48.8 Å². The van der Waals surface area contributed by atoms with Crippen molar-refractivity contribution in [1.82, 2.24) is 14.5 Å². The Hall–Kier alpha value is -2.37. The van der Waals surface area contributed by atoms with Gasteiger partial charge < -0.3 is 14.2 Å². The number of morpholine rings is 1. The highest BCUT2D eigenvalue weighted by Crippen LogP contribution is 2.37. The Morgan fingerprint density at radius 2 is 1.81 bits per heavy atom. The van der Waals surface area contributed by atoms with Crippen LogP contribution >= 0.6 is 11.6 Å². The third-order valence-corrected chi connectivity index (χ3v) is 7.11. The van der Waals surface area contributed by atoms with Crippen LogP contribution in [0, 0.1) is 5.92 Å². The fraction of sp³-hybridized carbons (Fsp3) is 0.440. The fourth-order valence-electron chi connectivity index (χ4n) is 5.10. The first kappa shape index (κ1) is 20.5. The van der Waals surface area contributed by atoms with Crippen molar-refractivity contribution in [1.29, 1.82) is 0 Å². The lowest BCUT2D eigenvalue weighted by Gasteiger charge is -2.29. The van der Waals surface area contributed by atoms with Crippen LogP contribution in [-0.2, 0) is 11.3 Å². The second kappa shape index (κ2) is 9.01. The number of carbonyl (C=O) groups excluding carboxylic acids is 1. The quantitative estimate of drug-likeness (QED) is 0.568. The Kier molecular flexibility index (Phi) is 5.97. The highest BCUT2D eigenvalue weighted by atomic mass is 35.5. The number of hydrogen-bond acceptors (Lipinski definition) is 3. The molecule has 2 aromatic heterocycles. The summed E-state index contributed by atoms with van der Waals surface area (Å²) in [6.07, 6.45) is 8.45. The number of pyridine rings is 1. The number of rotatable bonds is 4. The lowest BCUT2D eigenvalue weighted by atomic mass is 9.78. The van der Waals surface area contributed by atoms with Gasteiger partial charge in [-0.05, 0) is 49.1 Å². The van der Waals surface area contributed by atoms with Crippen molar-refractivity contribution >= 4 is 28.5 Å². The van der Waals surface area contributed by atoms with E-state index in [2.05, 4.69) is 39.9 Å². The lowest BCUT2D eigenvalue weighted by Crippen LogP contribution is -2.40. The van der Waals surface area contributed by atoms with Crippen LogP contribution in [0.5, 0.6) is 0 Å². The van der Waals surface area contributed by atoms with E-state index >= 15 is 0 Å². The summed E-state index contributed by atoms with van der Waals surface area (Å²) in [5, 5.41) is 0.656. The topological polar surface area (TPSA) is 47.4 Å². The van der Waals surface area contributed by atoms with Gasteiger partial charge in [0.05, 0.1) is 29.3 Å². The van der Waals surface area contributed by atoms with Crippen molar-refractivity contribution in [3.63, 3.8) is 0 Å². The third-order valence-electron chi connectivity index (χ3n) is 6.80. The van der Waals surface area contributed by atoms with Crippen LogP contribution < -0.4 is 0 Å². The SMILES string of the molecule is O=C(c1cn(CC2CCC(c3ccccc3)CC2)c2c(Cl)ccnc12)N1CCOCC1. The number of fused-ring (bicyclic) bond motifs is 1. The molecule has 0 unspecified atom stereocenters. The van der Waals surface area contributed by atoms with Crippen LogP contribution in [0.4, 0.5) is 0 Å². The molecule has 5 rings (SSSR count). The van der Waals surface area contributed by atoms with E-state index in [-0.39, 0.29) is 5.91 Å². The lowest BCUT2D eigenvalue weighted by molar-refractivity contribution is 0.0304. The van der Waals surface area contributed by atoms with Gasteiger partial charge in [0.25, 0.3) is 5.91 Å². The van der Waals surface area contributed by atoms with Crippen molar-refractivity contribution < 1.29 is 9.53 Å². The highest BCUT2D eigenvalue weighted by molar-refractivity contribution is 6.35. The number of benzene rings is 1. The van der Waals surface area contributed by atoms with Crippen molar-refractivity contribution in [2.45, 2.75) is 38.1 Å². The molecule has 1 aromatic carbocycles. The molecule has 1 aliphatic carbocycles. The van der Waals surface area contributed by atoms with E-state index in [1.165, 1.54) is 31.2 Å². The summed E-state index contributed by atoms with van der Waals surface area (Å²) in [5.41, 5.74) is 3.70. The minimum absolute atomic E-state index is 0.0228. The van der Waals surface area contributed by atoms with Gasteiger partial charge >= 0.3 is 0 Å². The maximum atomic E-state index is 13.2. The molecule has 0 bridgehead atoms. The zero-order chi connectivity index (χ0) is 21.2. The maximum Gasteiger partial charge on any atom is 0.257 e. The third kappa shape index (κ3) is 4.21. The molecule has 31 heavy (non-hydrogen) atoms. The van der Waals surface area contributed by atoms with E-state index < -0.39 is 0 Å². The molecule has 0 atom stereocenters. The molecule has 3 aromatic rings. The van der Waals surface area contributed by atoms with Crippen molar-refractivity contribution in [2.75, 3.05) is 26.3 Å². The van der Waals surface area contributed by atoms with E-state index in [0.717, 1.165) is 12.1 Å². The Balaban J connectivity index is 1.36. The minimum atomic E-state index is 0.0228. The average molecular weight is 438 g/mol. The van der Waals surface area contributed by atoms with Crippen molar-refractivity contribution in [2.24, 2.45) is 5.92 Å². The predicted octanol–water partition coefficient (Wildman–Crippen LogP) is 5.14. The molecule has 6 heteroatoms. The normalized spacial score (nSPS) is 22.0. The average Bonchev–Trinajstić information content (AvgIpc) is 3.20. The minimum Gasteiger partial charge on any atom is -0.378 e. The first-order valence-corrected chi connectivity index (χ1v) is 11.6. The van der Waals surface area contributed by atoms with Gasteiger partial charge in [0.1, 0.15) is 5.52 Å². The van der Waals surface area contributed by atoms with Gasteiger partial charge in [-0.1, -0.05) is 41.9 Å². The van der Waals surface area contributed by atoms with E-state index in [4.69, 9.17) is 16.3 Å². The number of aromatic nitrogens is 2. The van der Waals surface area contributed by atoms with Gasteiger partial charge in [-0.15, -0.1) is 0 Å². The molecule has 2 aliphatic rings. The molecule has 1 saturated heterocycles. The zero-order valence-corrected chi connectivity index (χ0v) is 18.4. The first-order valence-electron chi connectivity index (χ1n) is 11.3. The van der Waals surface area contributed by atoms with Crippen LogP contribution in [0.1, 0.15) is 47.5 Å². The molecule has 3 heterocycles. The molecule has 5 nitrogen and oxygen atoms in total. The number of ether oxygens (including phenoxy) is 1. The molecule has 0 radical (unpaired) electrons. The number of hydrogen-bond donors (Lipinski definition) is 0. The molecule has 1 aliphatic heterocycles. The predicted molar refractivity (Wildman–Crippen MR) is 123 cm³/mol. The fourth-order valence-corrected chi connectivity index (χ4v) is 5.36. The number of carbonyl (C=O) groups is 1. The van der Waals surface area contributed by atoms with E-state index in [0.29, 0.717) is 54.2 Å². The van der Waals surface area contributed by atoms with Crippen molar-refractivity contribution in [3.05, 3.63) is 64.9 Å². The van der Waals surface area contributed by atoms with Crippen LogP contribution in [0.3, 0.4) is 0 Å². The zero-order valence-electron chi connectivity index (χ0n) is 17.7. The second-order valence-corrected chi connectivity index (χ2v) is 9.13. The van der Waals surface area contributed by atoms with Gasteiger partial charge in [-0.25, -0.2) is 0 Å². The standard InChI is InChI=1S/C25H28ClN3O2/c26-22-10-11-27-23-21(25(30)28-12-14-31-15-13-28)17-29(24(22)23)16-18-6-8-20(9-7-18)19-4-2-1-3-5-19/h1-5,10-11,17-18,20H,6-9,12-16H2. The Labute approximate surface area is 188 Å². The number of nitrogens with zero attached hydrogens (tertiary/aromatic N) is 3. The summed E-state index contributed by atoms with van der Waals surface area (Å²) < 4.78 is 7.58. The molecule has 162 valence electrons. The van der Waals surface area contributed by atoms with Gasteiger partial charge in [0.2, 0.25) is 0 Å². The summed E-state index contributed by atoms with van der Waals surface area (Å²) in [5.74, 6) is 1.26. The molecule has 2 fully saturated rings. The Bertz CT molecular complexity index is 1050. The van der Waals surface area contributed by atoms with Gasteiger partial charge in [-0.2, -0.15) is 0 Å². The van der Waals surface area contributed by atoms with Gasteiger partial charge in [0, 0.05) is 32.0 Å². The van der Waals surface area contributed by atoms with Gasteiger partial charge in [0.15, 0.2) is 0 Å². The largest absolute Gasteiger partial charge is 0.378 e. The van der Waals surface area contributed by atoms with Crippen LogP contribution in [0.25, 0.3) is 11.0 Å². The number of halogens is 1. The van der Waals surface area contributed by atoms with Crippen LogP contribution in [-0.4, -0.2) is 46.7 Å². The molecule has 0 spiro atoms. The van der Waals surface area contributed by atoms with Crippen LogP contribution in [0.2, 0.25) is 5.02 Å². The van der Waals surface area contributed by atoms with E-state index in [9.17, 15) is 4.79 Å². The summed E-state index contributed by atoms with van der Waals surface area (Å²) in [4.78, 5) is 19.6. The van der Waals surface area contributed by atoms with E-state index in [1.54, 1.807) is 6.20 Å². The Morgan fingerprint density at radius 1 is 1.06 bits per heavy atom. The molecule has 0 N–H and O–H groups in total. The monoisotopic (exact) mass is 437 g/mol. The van der Waals surface area contributed by atoms with Gasteiger partial charge in [-0.3, -0.25) is 9.78 Å². The van der Waals surface area contributed by atoms with Crippen molar-refractivity contribution in [3.8, 4) is 0 Å². The number of amides is 1. The second-order valence-electron chi connectivity index (χ2n) is 8.72. The maximum absolute atomic E-state index is 13.2. The molecular weight excluding hydrogens is 410 g/mol.